The zero-order valence-electron chi connectivity index (χ0n) is 11.5. The second-order valence-electron chi connectivity index (χ2n) is 4.79. The van der Waals surface area contributed by atoms with Gasteiger partial charge < -0.3 is 4.74 Å². The molecule has 0 saturated carbocycles. The lowest BCUT2D eigenvalue weighted by molar-refractivity contribution is 0.0531. The Morgan fingerprint density at radius 2 is 1.50 bits per heavy atom. The average molecular weight is 359 g/mol. The minimum absolute atomic E-state index is 0.203. The van der Waals surface area contributed by atoms with Crippen molar-refractivity contribution in [2.45, 2.75) is 0 Å². The first-order valence-corrected chi connectivity index (χ1v) is 7.81. The Morgan fingerprint density at radius 3 is 2.14 bits per heavy atom. The van der Waals surface area contributed by atoms with Crippen LogP contribution < -0.4 is 0 Å². The highest BCUT2D eigenvalue weighted by Crippen LogP contribution is 2.28. The molecular formula is C17H11BrO4. The molecule has 0 aromatic heterocycles. The summed E-state index contributed by atoms with van der Waals surface area (Å²) in [5.41, 5.74) is 1.60. The van der Waals surface area contributed by atoms with Crippen LogP contribution in [0.5, 0.6) is 0 Å². The third-order valence-electron chi connectivity index (χ3n) is 3.47. The van der Waals surface area contributed by atoms with Crippen LogP contribution in [0.2, 0.25) is 0 Å². The molecule has 0 aliphatic heterocycles. The number of hydrogen-bond acceptors (Lipinski definition) is 4. The molecule has 0 N–H and O–H groups in total. The van der Waals surface area contributed by atoms with Crippen LogP contribution in [0.25, 0.3) is 0 Å². The van der Waals surface area contributed by atoms with Crippen molar-refractivity contribution in [2.75, 3.05) is 11.9 Å². The fraction of sp³-hybridized carbons (Fsp3) is 0.118. The Morgan fingerprint density at radius 1 is 0.909 bits per heavy atom. The summed E-state index contributed by atoms with van der Waals surface area (Å²) in [6.45, 7) is 0.242. The highest BCUT2D eigenvalue weighted by Gasteiger charge is 2.29. The lowest BCUT2D eigenvalue weighted by atomic mass is 9.83. The van der Waals surface area contributed by atoms with Crippen molar-refractivity contribution in [1.29, 1.82) is 0 Å². The molecule has 3 rings (SSSR count). The third-order valence-corrected chi connectivity index (χ3v) is 3.79. The maximum Gasteiger partial charge on any atom is 0.338 e. The van der Waals surface area contributed by atoms with Crippen LogP contribution in [0, 0.1) is 0 Å². The summed E-state index contributed by atoms with van der Waals surface area (Å²) in [5.74, 6) is -0.965. The third kappa shape index (κ3) is 2.37. The number of benzene rings is 2. The molecule has 0 amide bonds. The Labute approximate surface area is 135 Å². The molecule has 0 bridgehead atoms. The lowest BCUT2D eigenvalue weighted by Gasteiger charge is -2.17. The molecule has 2 aromatic carbocycles. The number of alkyl halides is 1. The SMILES string of the molecule is O=C(OCCBr)c1ccc2c(c1)C(=O)c1ccccc1C2=O. The van der Waals surface area contributed by atoms with Crippen molar-refractivity contribution < 1.29 is 19.1 Å². The summed E-state index contributed by atoms with van der Waals surface area (Å²) < 4.78 is 5.02. The van der Waals surface area contributed by atoms with Gasteiger partial charge in [0.1, 0.15) is 6.61 Å². The maximum atomic E-state index is 12.5. The van der Waals surface area contributed by atoms with Crippen LogP contribution in [0.4, 0.5) is 0 Å². The van der Waals surface area contributed by atoms with E-state index in [0.29, 0.717) is 22.0 Å². The van der Waals surface area contributed by atoms with E-state index in [1.165, 1.54) is 18.2 Å². The molecule has 0 fully saturated rings. The van der Waals surface area contributed by atoms with Crippen LogP contribution in [-0.4, -0.2) is 29.5 Å². The van der Waals surface area contributed by atoms with Gasteiger partial charge in [-0.05, 0) is 18.2 Å². The summed E-state index contributed by atoms with van der Waals surface area (Å²) in [7, 11) is 0. The van der Waals surface area contributed by atoms with E-state index in [4.69, 9.17) is 4.74 Å². The van der Waals surface area contributed by atoms with E-state index in [-0.39, 0.29) is 29.3 Å². The first kappa shape index (κ1) is 14.7. The summed E-state index contributed by atoms with van der Waals surface area (Å²) in [4.78, 5) is 36.8. The summed E-state index contributed by atoms with van der Waals surface area (Å²) in [6.07, 6.45) is 0. The molecule has 0 spiro atoms. The van der Waals surface area contributed by atoms with Gasteiger partial charge in [0.2, 0.25) is 0 Å². The monoisotopic (exact) mass is 358 g/mol. The van der Waals surface area contributed by atoms with Gasteiger partial charge in [-0.3, -0.25) is 9.59 Å². The van der Waals surface area contributed by atoms with Gasteiger partial charge in [-0.15, -0.1) is 0 Å². The van der Waals surface area contributed by atoms with Gasteiger partial charge in [0.15, 0.2) is 11.6 Å². The van der Waals surface area contributed by atoms with Gasteiger partial charge in [-0.2, -0.15) is 0 Å². The Hall–Kier alpha value is -2.27. The number of halogens is 1. The standard InChI is InChI=1S/C17H11BrO4/c18-7-8-22-17(21)10-5-6-13-14(9-10)16(20)12-4-2-1-3-11(12)15(13)19/h1-6,9H,7-8H2. The first-order chi connectivity index (χ1) is 10.6. The first-order valence-electron chi connectivity index (χ1n) is 6.69. The minimum Gasteiger partial charge on any atom is -0.461 e. The predicted octanol–water partition coefficient (Wildman–Crippen LogP) is 3.01. The van der Waals surface area contributed by atoms with Gasteiger partial charge in [0.05, 0.1) is 5.56 Å². The average Bonchev–Trinajstić information content (AvgIpc) is 2.57. The zero-order chi connectivity index (χ0) is 15.7. The largest absolute Gasteiger partial charge is 0.461 e. The quantitative estimate of drug-likeness (QED) is 0.533. The van der Waals surface area contributed by atoms with Gasteiger partial charge in [-0.1, -0.05) is 40.2 Å². The van der Waals surface area contributed by atoms with Crippen LogP contribution in [0.1, 0.15) is 42.2 Å². The van der Waals surface area contributed by atoms with Crippen molar-refractivity contribution in [3.8, 4) is 0 Å². The molecule has 0 unspecified atom stereocenters. The number of rotatable bonds is 3. The van der Waals surface area contributed by atoms with E-state index in [2.05, 4.69) is 15.9 Å². The normalized spacial score (nSPS) is 12.6. The van der Waals surface area contributed by atoms with E-state index in [9.17, 15) is 14.4 Å². The molecule has 4 nitrogen and oxygen atoms in total. The smallest absolute Gasteiger partial charge is 0.338 e. The Bertz CT molecular complexity index is 795. The zero-order valence-corrected chi connectivity index (χ0v) is 13.1. The fourth-order valence-corrected chi connectivity index (χ4v) is 2.60. The van der Waals surface area contributed by atoms with Crippen molar-refractivity contribution in [3.05, 3.63) is 70.3 Å². The van der Waals surface area contributed by atoms with Crippen molar-refractivity contribution in [2.24, 2.45) is 0 Å². The predicted molar refractivity (Wildman–Crippen MR) is 83.8 cm³/mol. The second-order valence-corrected chi connectivity index (χ2v) is 5.58. The van der Waals surface area contributed by atoms with E-state index in [1.807, 2.05) is 0 Å². The topological polar surface area (TPSA) is 60.4 Å². The number of carbonyl (C=O) groups is 3. The molecule has 0 saturated heterocycles. The van der Waals surface area contributed by atoms with Gasteiger partial charge >= 0.3 is 5.97 Å². The fourth-order valence-electron chi connectivity index (χ4n) is 2.44. The molecule has 2 aromatic rings. The number of hydrogen-bond donors (Lipinski definition) is 0. The molecule has 1 aliphatic rings. The molecule has 1 aliphatic carbocycles. The highest BCUT2D eigenvalue weighted by molar-refractivity contribution is 9.09. The lowest BCUT2D eigenvalue weighted by Crippen LogP contribution is -2.21. The molecule has 22 heavy (non-hydrogen) atoms. The van der Waals surface area contributed by atoms with Crippen LogP contribution in [0.3, 0.4) is 0 Å². The van der Waals surface area contributed by atoms with E-state index in [1.54, 1.807) is 24.3 Å². The van der Waals surface area contributed by atoms with Crippen LogP contribution in [-0.2, 0) is 4.74 Å². The Balaban J connectivity index is 2.04. The summed E-state index contributed by atoms with van der Waals surface area (Å²) in [5, 5.41) is 0.536. The molecule has 0 heterocycles. The second kappa shape index (κ2) is 5.85. The summed E-state index contributed by atoms with van der Waals surface area (Å²) in [6, 6.07) is 11.1. The molecule has 0 atom stereocenters. The number of carbonyl (C=O) groups excluding carboxylic acids is 3. The molecule has 5 heteroatoms. The van der Waals surface area contributed by atoms with Crippen LogP contribution in [0.15, 0.2) is 42.5 Å². The van der Waals surface area contributed by atoms with E-state index in [0.717, 1.165) is 0 Å². The van der Waals surface area contributed by atoms with Crippen molar-refractivity contribution in [3.63, 3.8) is 0 Å². The number of ketones is 2. The minimum atomic E-state index is -0.513. The maximum absolute atomic E-state index is 12.5. The van der Waals surface area contributed by atoms with Gasteiger partial charge in [0, 0.05) is 27.6 Å². The molecule has 110 valence electrons. The number of esters is 1. The van der Waals surface area contributed by atoms with Gasteiger partial charge in [-0.25, -0.2) is 4.79 Å². The Kier molecular flexibility index (Phi) is 3.90. The summed E-state index contributed by atoms with van der Waals surface area (Å²) >= 11 is 3.17. The van der Waals surface area contributed by atoms with Crippen molar-refractivity contribution >= 4 is 33.5 Å². The number of fused-ring (bicyclic) bond motifs is 2. The van der Waals surface area contributed by atoms with Crippen LogP contribution >= 0.6 is 15.9 Å². The number of ether oxygens (including phenoxy) is 1. The van der Waals surface area contributed by atoms with Gasteiger partial charge in [0.25, 0.3) is 0 Å². The van der Waals surface area contributed by atoms with Crippen molar-refractivity contribution in [1.82, 2.24) is 0 Å². The molecule has 0 radical (unpaired) electrons. The van der Waals surface area contributed by atoms with E-state index >= 15 is 0 Å². The molecular weight excluding hydrogens is 348 g/mol. The highest BCUT2D eigenvalue weighted by atomic mass is 79.9. The van der Waals surface area contributed by atoms with E-state index < -0.39 is 5.97 Å².